The predicted octanol–water partition coefficient (Wildman–Crippen LogP) is 10.6. The summed E-state index contributed by atoms with van der Waals surface area (Å²) in [5.74, 6) is 4.63. The molecule has 1 aromatic rings. The van der Waals surface area contributed by atoms with Gasteiger partial charge in [-0.05, 0) is 179 Å². The topological polar surface area (TPSA) is 96.3 Å². The number of Topliss-reactive ketones (excluding diaryl/α,β-unsaturated/α-hetero) is 1. The lowest BCUT2D eigenvalue weighted by molar-refractivity contribution is -0.177. The van der Waals surface area contributed by atoms with Crippen LogP contribution in [0.15, 0.2) is 48.1 Å². The molecule has 7 heteroatoms. The number of carbonyl (C=O) groups excluding carboxylic acids is 2. The maximum atomic E-state index is 15.1. The number of nitrogens with zero attached hydrogens (tertiary/aromatic N) is 1. The Bertz CT molecular complexity index is 1870. The van der Waals surface area contributed by atoms with Crippen molar-refractivity contribution in [3.8, 4) is 5.75 Å². The second kappa shape index (κ2) is 13.9. The van der Waals surface area contributed by atoms with Crippen molar-refractivity contribution < 1.29 is 29.3 Å². The highest BCUT2D eigenvalue weighted by molar-refractivity contribution is 6.10. The summed E-state index contributed by atoms with van der Waals surface area (Å²) in [7, 11) is 1.65. The summed E-state index contributed by atoms with van der Waals surface area (Å²) in [5.41, 5.74) is -1.09. The van der Waals surface area contributed by atoms with E-state index >= 15 is 9.59 Å². The van der Waals surface area contributed by atoms with Crippen LogP contribution in [-0.2, 0) is 4.74 Å². The molecule has 59 heavy (non-hydrogen) atoms. The van der Waals surface area contributed by atoms with Gasteiger partial charge >= 0.3 is 6.09 Å². The zero-order valence-electron chi connectivity index (χ0n) is 37.0. The zero-order chi connectivity index (χ0) is 41.3. The molecule has 2 spiro atoms. The minimum Gasteiger partial charge on any atom is -0.497 e. The van der Waals surface area contributed by atoms with Gasteiger partial charge in [-0.2, -0.15) is 0 Å². The molecule has 11 unspecified atom stereocenters. The third kappa shape index (κ3) is 5.98. The van der Waals surface area contributed by atoms with Crippen molar-refractivity contribution in [3.05, 3.63) is 53.6 Å². The van der Waals surface area contributed by atoms with Gasteiger partial charge in [-0.3, -0.25) is 4.79 Å². The van der Waals surface area contributed by atoms with Gasteiger partial charge in [0.05, 0.1) is 25.4 Å². The van der Waals surface area contributed by atoms with Crippen molar-refractivity contribution in [2.75, 3.05) is 20.2 Å². The van der Waals surface area contributed by atoms with Gasteiger partial charge < -0.3 is 24.6 Å². The van der Waals surface area contributed by atoms with Crippen molar-refractivity contribution >= 4 is 11.9 Å². The Labute approximate surface area is 354 Å². The number of hydrogen-bond donors (Lipinski definition) is 2. The molecule has 6 bridgehead atoms. The average molecular weight is 808 g/mol. The lowest BCUT2D eigenvalue weighted by Gasteiger charge is -2.71. The molecular weight excluding hydrogens is 735 g/mol. The molecule has 0 heterocycles. The van der Waals surface area contributed by atoms with Crippen LogP contribution in [-0.4, -0.2) is 65.0 Å². The number of ether oxygens (including phenoxy) is 2. The largest absolute Gasteiger partial charge is 0.497 e. The fourth-order valence-corrected chi connectivity index (χ4v) is 17.3. The molecule has 322 valence electrons. The lowest BCUT2D eigenvalue weighted by atomic mass is 9.32. The first-order valence-corrected chi connectivity index (χ1v) is 24.0. The number of carbonyl (C=O) groups is 2. The number of aliphatic hydroxyl groups excluding tert-OH is 1. The van der Waals surface area contributed by atoms with Crippen LogP contribution >= 0.6 is 0 Å². The van der Waals surface area contributed by atoms with Gasteiger partial charge in [-0.1, -0.05) is 59.3 Å². The number of amides is 1. The minimum absolute atomic E-state index is 0.0207. The highest BCUT2D eigenvalue weighted by atomic mass is 16.6. The molecule has 0 radical (unpaired) electrons. The van der Waals surface area contributed by atoms with E-state index in [9.17, 15) is 10.2 Å². The van der Waals surface area contributed by atoms with Crippen molar-refractivity contribution in [2.24, 2.45) is 74.4 Å². The number of allylic oxidation sites excluding steroid dienone is 4. The monoisotopic (exact) mass is 808 g/mol. The van der Waals surface area contributed by atoms with Crippen molar-refractivity contribution in [1.82, 2.24) is 4.90 Å². The Morgan fingerprint density at radius 1 is 0.814 bits per heavy atom. The minimum atomic E-state index is -1.13. The van der Waals surface area contributed by atoms with E-state index in [1.54, 1.807) is 7.11 Å². The Hall–Kier alpha value is -2.64. The summed E-state index contributed by atoms with van der Waals surface area (Å²) in [5, 5.41) is 24.8. The molecule has 0 aliphatic heterocycles. The van der Waals surface area contributed by atoms with Gasteiger partial charge in [0, 0.05) is 33.9 Å². The van der Waals surface area contributed by atoms with Crippen LogP contribution in [0.2, 0.25) is 0 Å². The van der Waals surface area contributed by atoms with E-state index in [0.717, 1.165) is 74.0 Å². The van der Waals surface area contributed by atoms with E-state index < -0.39 is 22.5 Å². The molecule has 1 amide bonds. The van der Waals surface area contributed by atoms with Crippen LogP contribution in [0.4, 0.5) is 4.79 Å². The second-order valence-electron chi connectivity index (χ2n) is 23.4. The lowest BCUT2D eigenvalue weighted by Crippen LogP contribution is -2.67. The smallest absolute Gasteiger partial charge is 0.410 e. The Morgan fingerprint density at radius 3 is 2.12 bits per heavy atom. The van der Waals surface area contributed by atoms with E-state index in [1.807, 2.05) is 29.2 Å². The third-order valence-corrected chi connectivity index (χ3v) is 19.9. The van der Waals surface area contributed by atoms with Crippen LogP contribution in [0.1, 0.15) is 148 Å². The van der Waals surface area contributed by atoms with Gasteiger partial charge in [-0.25, -0.2) is 4.79 Å². The summed E-state index contributed by atoms with van der Waals surface area (Å²) >= 11 is 0. The molecule has 12 rings (SSSR count). The average Bonchev–Trinajstić information content (AvgIpc) is 3.46. The number of rotatable bonds is 9. The van der Waals surface area contributed by atoms with Crippen LogP contribution in [0, 0.1) is 74.4 Å². The first-order valence-electron chi connectivity index (χ1n) is 24.0. The molecule has 0 aromatic heterocycles. The molecule has 1 aromatic carbocycles. The van der Waals surface area contributed by atoms with Gasteiger partial charge in [0.1, 0.15) is 11.9 Å². The van der Waals surface area contributed by atoms with Gasteiger partial charge in [0.25, 0.3) is 0 Å². The first-order chi connectivity index (χ1) is 28.0. The van der Waals surface area contributed by atoms with Gasteiger partial charge in [0.15, 0.2) is 5.78 Å². The maximum Gasteiger partial charge on any atom is 0.410 e. The number of methoxy groups -OCH3 is 1. The van der Waals surface area contributed by atoms with E-state index in [4.69, 9.17) is 9.47 Å². The summed E-state index contributed by atoms with van der Waals surface area (Å²) in [6.07, 6.45) is 22.7. The van der Waals surface area contributed by atoms with Gasteiger partial charge in [-0.15, -0.1) is 0 Å². The van der Waals surface area contributed by atoms with E-state index in [-0.39, 0.29) is 46.1 Å². The quantitative estimate of drug-likeness (QED) is 0.191. The zero-order valence-corrected chi connectivity index (χ0v) is 37.0. The van der Waals surface area contributed by atoms with Crippen molar-refractivity contribution in [2.45, 2.75) is 155 Å². The summed E-state index contributed by atoms with van der Waals surface area (Å²) in [6.45, 7) is 12.6. The van der Waals surface area contributed by atoms with E-state index in [0.29, 0.717) is 49.2 Å². The number of ketones is 1. The number of fused-ring (bicyclic) bond motifs is 1. The van der Waals surface area contributed by atoms with Crippen molar-refractivity contribution in [1.29, 1.82) is 0 Å². The van der Waals surface area contributed by atoms with Crippen LogP contribution < -0.4 is 4.74 Å². The van der Waals surface area contributed by atoms with E-state index in [2.05, 4.69) is 52.8 Å². The summed E-state index contributed by atoms with van der Waals surface area (Å²) in [4.78, 5) is 32.2. The molecule has 0 saturated heterocycles. The highest BCUT2D eigenvalue weighted by Crippen LogP contribution is 2.78. The van der Waals surface area contributed by atoms with Crippen LogP contribution in [0.5, 0.6) is 5.75 Å². The predicted molar refractivity (Wildman–Crippen MR) is 230 cm³/mol. The van der Waals surface area contributed by atoms with Crippen LogP contribution in [0.25, 0.3) is 0 Å². The number of hydrogen-bond acceptors (Lipinski definition) is 6. The second-order valence-corrected chi connectivity index (χ2v) is 23.4. The third-order valence-electron chi connectivity index (χ3n) is 19.9. The van der Waals surface area contributed by atoms with Gasteiger partial charge in [0.2, 0.25) is 0 Å². The van der Waals surface area contributed by atoms with E-state index in [1.165, 1.54) is 44.9 Å². The maximum absolute atomic E-state index is 15.1. The Kier molecular flexibility index (Phi) is 9.55. The fraction of sp³-hybridized carbons (Fsp3) is 0.769. The summed E-state index contributed by atoms with van der Waals surface area (Å²) in [6, 6.07) is 7.54. The molecule has 11 aliphatic rings. The van der Waals surface area contributed by atoms with Crippen LogP contribution in [0.3, 0.4) is 0 Å². The highest BCUT2D eigenvalue weighted by Gasteiger charge is 2.75. The molecule has 8 fully saturated rings. The summed E-state index contributed by atoms with van der Waals surface area (Å²) < 4.78 is 12.2. The molecule has 11 atom stereocenters. The number of benzene rings is 1. The number of aliphatic hydroxyl groups is 2. The van der Waals surface area contributed by atoms with Crippen molar-refractivity contribution in [3.63, 3.8) is 0 Å². The molecule has 11 aliphatic carbocycles. The molecule has 8 saturated carbocycles. The Balaban J connectivity index is 1.02. The first kappa shape index (κ1) is 40.4. The molecule has 2 N–H and O–H groups in total. The standard InChI is InChI=1S/C52H73NO6/c1-32(2)40-12-7-33(3)21-42(40)59-46(56)53(30-49-25-34-22-35(26-49)24-36(23-34)27-49)31-51(57)18-15-44-48(51,5)17-14-43-47(4)16-13-38(54)28-50(47)19-20-52(43,44)41(29-50)45(55)37-8-10-39(58-6)11-9-37/h8-11,19-20,29,32-36,38,40,42-44,54,57H,7,12-18,21-28,30-31H2,1-6H3. The Morgan fingerprint density at radius 2 is 1.46 bits per heavy atom. The fourth-order valence-electron chi connectivity index (χ4n) is 17.3. The SMILES string of the molecule is COc1ccc(C(=O)C2=CC34C=CC25C(CCC2(C)C5CCC2(O)CN(CC25CC6CC(CC(C6)C2)C5)C(=O)OC2CC(C)CCC2C(C)C)C3(C)CCC(O)C4)cc1. The normalized spacial score (nSPS) is 47.6. The molecular formula is C52H73NO6. The molecule has 7 nitrogen and oxygen atoms in total.